The third-order valence-electron chi connectivity index (χ3n) is 12.0. The second kappa shape index (κ2) is 24.5. The van der Waals surface area contributed by atoms with Gasteiger partial charge in [0.25, 0.3) is 0 Å². The smallest absolute Gasteiger partial charge is 0.140 e. The van der Waals surface area contributed by atoms with Crippen LogP contribution in [0.25, 0.3) is 0 Å². The Hall–Kier alpha value is -4.02. The van der Waals surface area contributed by atoms with Gasteiger partial charge in [-0.15, -0.1) is 0 Å². The summed E-state index contributed by atoms with van der Waals surface area (Å²) in [5.41, 5.74) is 10.8. The number of hydrogen-bond donors (Lipinski definition) is 0. The summed E-state index contributed by atoms with van der Waals surface area (Å²) in [5.74, 6) is 2.68. The summed E-state index contributed by atoms with van der Waals surface area (Å²) in [6, 6.07) is 21.3. The molecular weight excluding hydrogens is 1000 g/mol. The largest absolute Gasteiger partial charge is 0.485 e. The predicted molar refractivity (Wildman–Crippen MR) is 314 cm³/mol. The first-order chi connectivity index (χ1) is 33.5. The summed E-state index contributed by atoms with van der Waals surface area (Å²) in [5, 5.41) is 14.6. The number of nitriles is 2. The zero-order chi connectivity index (χ0) is 56.8. The third kappa shape index (κ3) is 19.8. The highest BCUT2D eigenvalue weighted by molar-refractivity contribution is 7.63. The van der Waals surface area contributed by atoms with Crippen molar-refractivity contribution in [2.75, 3.05) is 78.7 Å². The Labute approximate surface area is 447 Å². The van der Waals surface area contributed by atoms with Crippen molar-refractivity contribution in [2.24, 2.45) is 0 Å². The zero-order valence-corrected chi connectivity index (χ0v) is 52.8. The first kappa shape index (κ1) is 64.3. The summed E-state index contributed by atoms with van der Waals surface area (Å²) >= 11 is 0. The Kier molecular flexibility index (Phi) is 21.3. The number of hydrogen-bond acceptors (Lipinski definition) is 10. The van der Waals surface area contributed by atoms with Gasteiger partial charge in [-0.1, -0.05) is 132 Å². The van der Waals surface area contributed by atoms with Crippen LogP contribution in [0.2, 0.25) is 0 Å². The fraction of sp³-hybridized carbons (Fsp3) is 0.567. The molecule has 74 heavy (non-hydrogen) atoms. The lowest BCUT2D eigenvalue weighted by molar-refractivity contribution is 0.361. The molecule has 8 bridgehead atoms. The van der Waals surface area contributed by atoms with Gasteiger partial charge in [0, 0.05) is 39.5 Å². The van der Waals surface area contributed by atoms with Gasteiger partial charge in [0.15, 0.2) is 0 Å². The van der Waals surface area contributed by atoms with Crippen LogP contribution in [0.1, 0.15) is 164 Å². The zero-order valence-electron chi connectivity index (χ0n) is 49.2. The Morgan fingerprint density at radius 3 is 0.568 bits per heavy atom. The molecule has 0 amide bonds. The first-order valence-electron chi connectivity index (χ1n) is 25.4. The lowest BCUT2D eigenvalue weighted by Gasteiger charge is -2.29. The van der Waals surface area contributed by atoms with Crippen molar-refractivity contribution in [3.05, 3.63) is 115 Å². The molecule has 0 spiro atoms. The molecule has 0 saturated carbocycles. The van der Waals surface area contributed by atoms with Gasteiger partial charge in [0.05, 0.1) is 12.1 Å². The predicted octanol–water partition coefficient (Wildman–Crippen LogP) is 16.4. The minimum Gasteiger partial charge on any atom is -0.485 e. The van der Waals surface area contributed by atoms with Crippen LogP contribution < -0.4 is 18.9 Å². The van der Waals surface area contributed by atoms with Crippen molar-refractivity contribution >= 4 is 28.6 Å². The quantitative estimate of drug-likeness (QED) is 0.110. The van der Waals surface area contributed by atoms with Crippen molar-refractivity contribution in [1.29, 1.82) is 10.5 Å². The molecule has 0 unspecified atom stereocenters. The molecule has 4 aromatic carbocycles. The maximum Gasteiger partial charge on any atom is 0.140 e. The summed E-state index contributed by atoms with van der Waals surface area (Å²) in [6.07, 6.45) is 1.83. The number of nitrogens with zero attached hydrogens (tertiary/aromatic N) is 2. The number of rotatable bonds is 12. The summed E-state index contributed by atoms with van der Waals surface area (Å²) < 4.78 is 81.8. The van der Waals surface area contributed by atoms with E-state index < -0.39 is 28.6 Å². The molecule has 408 valence electrons. The summed E-state index contributed by atoms with van der Waals surface area (Å²) in [4.78, 5) is 0. The van der Waals surface area contributed by atoms with E-state index in [0.717, 1.165) is 66.8 Å². The molecular formula is C60H90N2O8P4. The van der Waals surface area contributed by atoms with Crippen LogP contribution in [-0.4, -0.2) is 78.7 Å². The van der Waals surface area contributed by atoms with Gasteiger partial charge in [-0.05, 0) is 142 Å². The highest BCUT2D eigenvalue weighted by Gasteiger charge is 2.31. The Balaban J connectivity index is 0.00000229. The van der Waals surface area contributed by atoms with Gasteiger partial charge >= 0.3 is 0 Å². The highest BCUT2D eigenvalue weighted by atomic mass is 31.2. The van der Waals surface area contributed by atoms with Gasteiger partial charge in [-0.3, -0.25) is 0 Å². The van der Waals surface area contributed by atoms with E-state index in [1.807, 2.05) is 0 Å². The third-order valence-corrected chi connectivity index (χ3v) is 15.0. The molecule has 0 heterocycles. The molecule has 1 aliphatic carbocycles. The average Bonchev–Trinajstić information content (AvgIpc) is 3.19. The average molecular weight is 1090 g/mol. The molecule has 0 atom stereocenters. The topological polar surface area (TPSA) is 153 Å². The van der Waals surface area contributed by atoms with Gasteiger partial charge in [0.1, 0.15) is 77.0 Å². The van der Waals surface area contributed by atoms with Crippen molar-refractivity contribution in [3.63, 3.8) is 0 Å². The fourth-order valence-corrected chi connectivity index (χ4v) is 10.0. The second-order valence-electron chi connectivity index (χ2n) is 26.0. The lowest BCUT2D eigenvalue weighted by Crippen LogP contribution is -2.18. The summed E-state index contributed by atoms with van der Waals surface area (Å²) in [7, 11) is -10.7. The van der Waals surface area contributed by atoms with Crippen LogP contribution in [0.3, 0.4) is 0 Å². The Morgan fingerprint density at radius 2 is 0.473 bits per heavy atom. The maximum absolute atomic E-state index is 13.6. The van der Waals surface area contributed by atoms with Crippen molar-refractivity contribution < 1.29 is 37.2 Å². The molecule has 5 rings (SSSR count). The van der Waals surface area contributed by atoms with Crippen molar-refractivity contribution in [3.8, 4) is 35.1 Å². The normalized spacial score (nSPS) is 13.5. The minimum absolute atomic E-state index is 0.0504. The Morgan fingerprint density at radius 1 is 0.351 bits per heavy atom. The summed E-state index contributed by atoms with van der Waals surface area (Å²) in [6.45, 7) is 43.4. The van der Waals surface area contributed by atoms with Gasteiger partial charge in [-0.25, -0.2) is 0 Å². The Bertz CT molecular complexity index is 2450. The van der Waals surface area contributed by atoms with Gasteiger partial charge < -0.3 is 37.2 Å². The number of fused-ring (bicyclic) bond motifs is 8. The van der Waals surface area contributed by atoms with E-state index in [9.17, 15) is 18.3 Å². The van der Waals surface area contributed by atoms with E-state index in [-0.39, 0.29) is 47.1 Å². The molecule has 10 nitrogen and oxygen atoms in total. The number of ether oxygens (including phenoxy) is 4. The maximum atomic E-state index is 13.6. The standard InChI is InChI=1S/C56H84O8P4.2C2H3N/c1-53(2,3)45-25-37-21-39-27-46(54(4,5)6)29-41(50(39)62-34-66(15,16)58)23-43-31-48(56(10,11)12)32-44(52(43)64-36-68(19,20)60)24-42-30-47(55(7,8)9)28-40(51(42)63-35-67(17,18)59)22-38(26-45)49(37)61-33-65(13,14)57;2*1-2-3/h25-32H,21-24,33-36H2,1-20H3;2*1H3. The second-order valence-corrected chi connectivity index (χ2v) is 39.7. The first-order valence-corrected chi connectivity index (χ1v) is 36.6. The van der Waals surface area contributed by atoms with E-state index in [1.165, 1.54) is 13.8 Å². The van der Waals surface area contributed by atoms with Gasteiger partial charge in [-0.2, -0.15) is 10.5 Å². The van der Waals surface area contributed by atoms with Crippen LogP contribution >= 0.6 is 28.6 Å². The minimum atomic E-state index is -2.67. The van der Waals surface area contributed by atoms with Crippen LogP contribution in [0.5, 0.6) is 23.0 Å². The lowest BCUT2D eigenvalue weighted by atomic mass is 9.79. The van der Waals surface area contributed by atoms with Crippen LogP contribution in [0.15, 0.2) is 48.5 Å². The van der Waals surface area contributed by atoms with Crippen molar-refractivity contribution in [1.82, 2.24) is 0 Å². The highest BCUT2D eigenvalue weighted by Crippen LogP contribution is 2.48. The molecule has 4 aromatic rings. The molecule has 0 fully saturated rings. The molecule has 0 aliphatic heterocycles. The van der Waals surface area contributed by atoms with E-state index >= 15 is 0 Å². The molecule has 0 saturated heterocycles. The SMILES string of the molecule is CC#N.CC#N.CC(C)(C)c1cc2c(OCP(C)(C)=O)c(c1)Cc1cc(C(C)(C)C)cc(c1OCP(C)(C)=O)Cc1cc(C(C)(C)C)cc(c1OCP(C)(C)=O)Cc1cc(C(C)(C)C)cc(c1OCP(C)(C)=O)C2. The molecule has 0 aromatic heterocycles. The molecule has 0 radical (unpaired) electrons. The number of benzene rings is 4. The molecule has 0 N–H and O–H groups in total. The van der Waals surface area contributed by atoms with E-state index in [1.54, 1.807) is 65.5 Å². The van der Waals surface area contributed by atoms with E-state index in [4.69, 9.17) is 29.5 Å². The molecule has 1 aliphatic rings. The van der Waals surface area contributed by atoms with Crippen LogP contribution in [0.4, 0.5) is 0 Å². The molecule has 14 heteroatoms. The van der Waals surface area contributed by atoms with Crippen molar-refractivity contribution in [2.45, 2.75) is 144 Å². The van der Waals surface area contributed by atoms with Crippen LogP contribution in [0, 0.1) is 22.7 Å². The fourth-order valence-electron chi connectivity index (χ4n) is 8.24. The monoisotopic (exact) mass is 1090 g/mol. The van der Waals surface area contributed by atoms with E-state index in [2.05, 4.69) is 132 Å². The van der Waals surface area contributed by atoms with Crippen LogP contribution in [-0.2, 0) is 65.6 Å². The van der Waals surface area contributed by atoms with E-state index in [0.29, 0.717) is 48.7 Å². The van der Waals surface area contributed by atoms with Gasteiger partial charge in [0.2, 0.25) is 0 Å².